The number of hydrazone groups is 1. The maximum absolute atomic E-state index is 12.6. The molecule has 0 saturated carbocycles. The summed E-state index contributed by atoms with van der Waals surface area (Å²) >= 11 is 0. The first-order valence-electron chi connectivity index (χ1n) is 12.4. The number of hydrogen-bond donors (Lipinski definition) is 1. The van der Waals surface area contributed by atoms with Crippen molar-refractivity contribution in [2.45, 2.75) is 6.92 Å². The minimum atomic E-state index is -0.644. The van der Waals surface area contributed by atoms with Crippen molar-refractivity contribution >= 4 is 36.2 Å². The minimum Gasteiger partial charge on any atom is -0.423 e. The van der Waals surface area contributed by atoms with Crippen molar-refractivity contribution in [2.75, 3.05) is 0 Å². The lowest BCUT2D eigenvalue weighted by molar-refractivity contribution is -0.129. The highest BCUT2D eigenvalue weighted by molar-refractivity contribution is 5.96. The van der Waals surface area contributed by atoms with E-state index < -0.39 is 11.9 Å². The lowest BCUT2D eigenvalue weighted by Gasteiger charge is -2.06. The average molecular weight is 531 g/mol. The van der Waals surface area contributed by atoms with Crippen molar-refractivity contribution < 1.29 is 23.9 Å². The summed E-state index contributed by atoms with van der Waals surface area (Å²) in [5.41, 5.74) is 5.87. The molecule has 0 heterocycles. The molecule has 0 saturated heterocycles. The van der Waals surface area contributed by atoms with Crippen molar-refractivity contribution in [3.05, 3.63) is 143 Å². The monoisotopic (exact) mass is 530 g/mol. The van der Waals surface area contributed by atoms with Gasteiger partial charge in [-0.05, 0) is 55.0 Å². The second-order valence-electron chi connectivity index (χ2n) is 8.56. The fraction of sp³-hybridized carbons (Fsp3) is 0.0303. The second kappa shape index (κ2) is 13.8. The van der Waals surface area contributed by atoms with Gasteiger partial charge in [-0.3, -0.25) is 4.79 Å². The Balaban J connectivity index is 1.37. The first-order chi connectivity index (χ1) is 19.5. The number of amides is 1. The summed E-state index contributed by atoms with van der Waals surface area (Å²) in [6.07, 6.45) is 7.14. The molecule has 0 aromatic heterocycles. The molecule has 0 radical (unpaired) electrons. The molecule has 0 unspecified atom stereocenters. The molecule has 7 nitrogen and oxygen atoms in total. The van der Waals surface area contributed by atoms with Crippen molar-refractivity contribution in [1.82, 2.24) is 5.43 Å². The molecule has 4 rings (SSSR count). The number of nitrogens with zero attached hydrogens (tertiary/aromatic N) is 1. The Morgan fingerprint density at radius 2 is 1.20 bits per heavy atom. The molecule has 1 amide bonds. The summed E-state index contributed by atoms with van der Waals surface area (Å²) < 4.78 is 10.9. The fourth-order valence-electron chi connectivity index (χ4n) is 3.49. The lowest BCUT2D eigenvalue weighted by atomic mass is 10.1. The van der Waals surface area contributed by atoms with Crippen molar-refractivity contribution in [2.24, 2.45) is 5.10 Å². The summed E-state index contributed by atoms with van der Waals surface area (Å²) in [4.78, 5) is 37.2. The van der Waals surface area contributed by atoms with Gasteiger partial charge in [-0.2, -0.15) is 5.10 Å². The van der Waals surface area contributed by atoms with Crippen LogP contribution in [0.25, 0.3) is 12.2 Å². The third-order valence-corrected chi connectivity index (χ3v) is 5.55. The number of benzene rings is 4. The molecule has 198 valence electrons. The number of ether oxygens (including phenoxy) is 2. The number of rotatable bonds is 9. The molecule has 0 fully saturated rings. The Kier molecular flexibility index (Phi) is 9.50. The molecule has 0 aliphatic rings. The summed E-state index contributed by atoms with van der Waals surface area (Å²) in [5.74, 6) is -0.990. The Morgan fingerprint density at radius 1 is 0.650 bits per heavy atom. The minimum absolute atomic E-state index is 0.260. The highest BCUT2D eigenvalue weighted by Gasteiger charge is 2.09. The number of carbonyl (C=O) groups excluding carboxylic acids is 3. The van der Waals surface area contributed by atoms with Gasteiger partial charge >= 0.3 is 11.9 Å². The van der Waals surface area contributed by atoms with Crippen LogP contribution in [0, 0.1) is 6.92 Å². The quantitative estimate of drug-likeness (QED) is 0.0942. The number of hydrogen-bond acceptors (Lipinski definition) is 6. The van der Waals surface area contributed by atoms with Crippen LogP contribution in [0.5, 0.6) is 11.5 Å². The first-order valence-corrected chi connectivity index (χ1v) is 12.4. The Bertz CT molecular complexity index is 1570. The molecule has 4 aromatic rings. The van der Waals surface area contributed by atoms with E-state index in [1.54, 1.807) is 66.7 Å². The molecule has 0 aliphatic carbocycles. The van der Waals surface area contributed by atoms with Crippen molar-refractivity contribution in [1.29, 1.82) is 0 Å². The molecule has 40 heavy (non-hydrogen) atoms. The normalized spacial score (nSPS) is 11.1. The van der Waals surface area contributed by atoms with Crippen molar-refractivity contribution in [3.63, 3.8) is 0 Å². The fourth-order valence-corrected chi connectivity index (χ4v) is 3.49. The maximum Gasteiger partial charge on any atom is 0.336 e. The van der Waals surface area contributed by atoms with Gasteiger partial charge in [0, 0.05) is 28.8 Å². The largest absolute Gasteiger partial charge is 0.423 e. The van der Waals surface area contributed by atoms with Gasteiger partial charge in [0.2, 0.25) is 0 Å². The highest BCUT2D eigenvalue weighted by Crippen LogP contribution is 2.21. The predicted molar refractivity (Wildman–Crippen MR) is 155 cm³/mol. The molecule has 7 heteroatoms. The van der Waals surface area contributed by atoms with E-state index in [9.17, 15) is 14.4 Å². The van der Waals surface area contributed by atoms with Crippen LogP contribution in [-0.4, -0.2) is 24.1 Å². The van der Waals surface area contributed by atoms with Crippen LogP contribution in [0.2, 0.25) is 0 Å². The smallest absolute Gasteiger partial charge is 0.336 e. The van der Waals surface area contributed by atoms with Crippen molar-refractivity contribution in [3.8, 4) is 11.5 Å². The zero-order chi connectivity index (χ0) is 28.2. The Morgan fingerprint density at radius 3 is 1.88 bits per heavy atom. The van der Waals surface area contributed by atoms with Crippen LogP contribution >= 0.6 is 0 Å². The standard InChI is InChI=1S/C33H26N2O5/c1-24-15-18-27(19-16-24)33(38)35-34-23-28-12-6-8-14-30(28)40-32(37)22-20-26-11-5-7-13-29(26)39-31(36)21-17-25-9-3-2-4-10-25/h2-23H,1H3,(H,35,38)/b21-17+,22-20+,34-23+. The Labute approximate surface area is 232 Å². The van der Waals surface area contributed by atoms with E-state index in [0.29, 0.717) is 22.4 Å². The van der Waals surface area contributed by atoms with Crippen LogP contribution in [0.3, 0.4) is 0 Å². The van der Waals surface area contributed by atoms with Gasteiger partial charge in [0.05, 0.1) is 6.21 Å². The molecule has 0 atom stereocenters. The van der Waals surface area contributed by atoms with Gasteiger partial charge in [0.15, 0.2) is 0 Å². The van der Waals surface area contributed by atoms with Crippen LogP contribution in [0.1, 0.15) is 32.6 Å². The third kappa shape index (κ3) is 8.22. The average Bonchev–Trinajstić information content (AvgIpc) is 2.97. The topological polar surface area (TPSA) is 94.1 Å². The number of para-hydroxylation sites is 2. The molecular weight excluding hydrogens is 504 g/mol. The summed E-state index contributed by atoms with van der Waals surface area (Å²) in [5, 5.41) is 3.99. The molecule has 0 bridgehead atoms. The van der Waals surface area contributed by atoms with Gasteiger partial charge < -0.3 is 9.47 Å². The lowest BCUT2D eigenvalue weighted by Crippen LogP contribution is -2.17. The van der Waals surface area contributed by atoms with Crippen LogP contribution in [-0.2, 0) is 9.59 Å². The predicted octanol–water partition coefficient (Wildman–Crippen LogP) is 6.00. The molecule has 4 aromatic carbocycles. The number of esters is 2. The zero-order valence-electron chi connectivity index (χ0n) is 21.7. The van der Waals surface area contributed by atoms with Crippen LogP contribution < -0.4 is 14.9 Å². The van der Waals surface area contributed by atoms with E-state index in [1.807, 2.05) is 49.4 Å². The number of carbonyl (C=O) groups is 3. The maximum atomic E-state index is 12.6. The molecule has 1 N–H and O–H groups in total. The van der Waals surface area contributed by atoms with E-state index >= 15 is 0 Å². The molecular formula is C33H26N2O5. The van der Waals surface area contributed by atoms with Crippen LogP contribution in [0.4, 0.5) is 0 Å². The summed E-state index contributed by atoms with van der Waals surface area (Å²) in [7, 11) is 0. The zero-order valence-corrected chi connectivity index (χ0v) is 21.7. The molecule has 0 spiro atoms. The number of nitrogens with one attached hydrogen (secondary N) is 1. The van der Waals surface area contributed by atoms with Gasteiger partial charge in [-0.1, -0.05) is 78.4 Å². The van der Waals surface area contributed by atoms with E-state index in [2.05, 4.69) is 10.5 Å². The van der Waals surface area contributed by atoms with E-state index in [4.69, 9.17) is 9.47 Å². The van der Waals surface area contributed by atoms with Gasteiger partial charge in [-0.25, -0.2) is 15.0 Å². The van der Waals surface area contributed by atoms with Gasteiger partial charge in [0.25, 0.3) is 5.91 Å². The Hall–Kier alpha value is -5.56. The molecule has 0 aliphatic heterocycles. The highest BCUT2D eigenvalue weighted by atomic mass is 16.5. The third-order valence-electron chi connectivity index (χ3n) is 5.55. The SMILES string of the molecule is Cc1ccc(C(=O)N/N=C/c2ccccc2OC(=O)/C=C/c2ccccc2OC(=O)/C=C/c2ccccc2)cc1. The second-order valence-corrected chi connectivity index (χ2v) is 8.56. The van der Waals surface area contributed by atoms with Gasteiger partial charge in [0.1, 0.15) is 11.5 Å². The summed E-state index contributed by atoms with van der Waals surface area (Å²) in [6, 6.07) is 30.1. The van der Waals surface area contributed by atoms with Gasteiger partial charge in [-0.15, -0.1) is 0 Å². The van der Waals surface area contributed by atoms with E-state index in [1.165, 1.54) is 24.4 Å². The number of aryl methyl sites for hydroxylation is 1. The van der Waals surface area contributed by atoms with E-state index in [0.717, 1.165) is 11.1 Å². The van der Waals surface area contributed by atoms with E-state index in [-0.39, 0.29) is 11.7 Å². The summed E-state index contributed by atoms with van der Waals surface area (Å²) in [6.45, 7) is 1.94. The van der Waals surface area contributed by atoms with Crippen LogP contribution in [0.15, 0.2) is 120 Å². The first kappa shape index (κ1) is 27.5.